The summed E-state index contributed by atoms with van der Waals surface area (Å²) in [4.78, 5) is 25.3. The van der Waals surface area contributed by atoms with Crippen molar-refractivity contribution < 1.29 is 9.59 Å². The third kappa shape index (κ3) is 3.81. The zero-order chi connectivity index (χ0) is 14.4. The van der Waals surface area contributed by atoms with Gasteiger partial charge in [0.05, 0.1) is 0 Å². The molecule has 0 atom stereocenters. The van der Waals surface area contributed by atoms with Gasteiger partial charge >= 0.3 is 0 Å². The summed E-state index contributed by atoms with van der Waals surface area (Å²) in [5.41, 5.74) is 1.71. The van der Waals surface area contributed by atoms with Gasteiger partial charge in [0, 0.05) is 44.7 Å². The second kappa shape index (κ2) is 7.05. The molecule has 1 saturated heterocycles. The van der Waals surface area contributed by atoms with Gasteiger partial charge in [-0.1, -0.05) is 19.1 Å². The van der Waals surface area contributed by atoms with Crippen molar-refractivity contribution >= 4 is 11.8 Å². The zero-order valence-corrected chi connectivity index (χ0v) is 11.8. The van der Waals surface area contributed by atoms with Gasteiger partial charge in [0.1, 0.15) is 0 Å². The first-order chi connectivity index (χ1) is 9.70. The second-order valence-corrected chi connectivity index (χ2v) is 4.87. The SMILES string of the molecule is CCC(=O)NCc1ccc(C(=O)N2CCNCC2)cc1. The highest BCUT2D eigenvalue weighted by Gasteiger charge is 2.17. The van der Waals surface area contributed by atoms with Crippen LogP contribution in [0, 0.1) is 0 Å². The van der Waals surface area contributed by atoms with Crippen molar-refractivity contribution in [1.29, 1.82) is 0 Å². The van der Waals surface area contributed by atoms with Crippen LogP contribution in [0.1, 0.15) is 29.3 Å². The van der Waals surface area contributed by atoms with E-state index >= 15 is 0 Å². The molecule has 108 valence electrons. The fourth-order valence-corrected chi connectivity index (χ4v) is 2.14. The summed E-state index contributed by atoms with van der Waals surface area (Å²) in [5, 5.41) is 6.05. The van der Waals surface area contributed by atoms with E-state index in [9.17, 15) is 9.59 Å². The quantitative estimate of drug-likeness (QED) is 0.853. The Hall–Kier alpha value is -1.88. The highest BCUT2D eigenvalue weighted by atomic mass is 16.2. The molecule has 0 radical (unpaired) electrons. The molecule has 0 unspecified atom stereocenters. The van der Waals surface area contributed by atoms with Crippen molar-refractivity contribution in [3.05, 3.63) is 35.4 Å². The van der Waals surface area contributed by atoms with Crippen LogP contribution in [-0.4, -0.2) is 42.9 Å². The Balaban J connectivity index is 1.93. The van der Waals surface area contributed by atoms with Gasteiger partial charge in [0.25, 0.3) is 5.91 Å². The summed E-state index contributed by atoms with van der Waals surface area (Å²) in [6, 6.07) is 7.45. The number of nitrogens with zero attached hydrogens (tertiary/aromatic N) is 1. The molecule has 1 aliphatic heterocycles. The minimum atomic E-state index is 0.0333. The van der Waals surface area contributed by atoms with E-state index in [1.54, 1.807) is 0 Å². The Morgan fingerprint density at radius 3 is 2.45 bits per heavy atom. The summed E-state index contributed by atoms with van der Waals surface area (Å²) in [7, 11) is 0. The van der Waals surface area contributed by atoms with Crippen molar-refractivity contribution in [1.82, 2.24) is 15.5 Å². The zero-order valence-electron chi connectivity index (χ0n) is 11.8. The molecule has 5 heteroatoms. The molecular formula is C15H21N3O2. The van der Waals surface area contributed by atoms with Gasteiger partial charge in [0.2, 0.25) is 5.91 Å². The summed E-state index contributed by atoms with van der Waals surface area (Å²) in [6.45, 7) is 5.55. The summed E-state index contributed by atoms with van der Waals surface area (Å²) >= 11 is 0. The second-order valence-electron chi connectivity index (χ2n) is 4.87. The smallest absolute Gasteiger partial charge is 0.253 e. The molecule has 0 saturated carbocycles. The topological polar surface area (TPSA) is 61.4 Å². The molecule has 1 aromatic carbocycles. The Morgan fingerprint density at radius 1 is 1.20 bits per heavy atom. The molecule has 1 heterocycles. The minimum absolute atomic E-state index is 0.0333. The normalized spacial score (nSPS) is 14.9. The predicted molar refractivity (Wildman–Crippen MR) is 77.4 cm³/mol. The average Bonchev–Trinajstić information content (AvgIpc) is 2.53. The Labute approximate surface area is 119 Å². The van der Waals surface area contributed by atoms with Gasteiger partial charge in [-0.05, 0) is 17.7 Å². The van der Waals surface area contributed by atoms with Gasteiger partial charge in [0.15, 0.2) is 0 Å². The Bertz CT molecular complexity index is 465. The summed E-state index contributed by atoms with van der Waals surface area (Å²) in [5.74, 6) is 0.113. The molecule has 0 spiro atoms. The minimum Gasteiger partial charge on any atom is -0.352 e. The lowest BCUT2D eigenvalue weighted by molar-refractivity contribution is -0.120. The molecule has 0 aliphatic carbocycles. The molecule has 0 bridgehead atoms. The number of amides is 2. The van der Waals surface area contributed by atoms with E-state index in [0.717, 1.165) is 31.7 Å². The van der Waals surface area contributed by atoms with E-state index in [-0.39, 0.29) is 11.8 Å². The number of benzene rings is 1. The van der Waals surface area contributed by atoms with Crippen molar-refractivity contribution in [2.45, 2.75) is 19.9 Å². The van der Waals surface area contributed by atoms with Crippen molar-refractivity contribution in [3.8, 4) is 0 Å². The van der Waals surface area contributed by atoms with Gasteiger partial charge in [-0.15, -0.1) is 0 Å². The van der Waals surface area contributed by atoms with Crippen LogP contribution in [0.4, 0.5) is 0 Å². The first-order valence-electron chi connectivity index (χ1n) is 7.06. The van der Waals surface area contributed by atoms with Crippen molar-refractivity contribution in [3.63, 3.8) is 0 Å². The number of hydrogen-bond donors (Lipinski definition) is 2. The van der Waals surface area contributed by atoms with Crippen LogP contribution in [0.25, 0.3) is 0 Å². The molecule has 20 heavy (non-hydrogen) atoms. The van der Waals surface area contributed by atoms with Crippen LogP contribution in [0.15, 0.2) is 24.3 Å². The Kier molecular flexibility index (Phi) is 5.12. The van der Waals surface area contributed by atoms with E-state index < -0.39 is 0 Å². The van der Waals surface area contributed by atoms with Crippen LogP contribution in [0.3, 0.4) is 0 Å². The van der Waals surface area contributed by atoms with Crippen molar-refractivity contribution in [2.75, 3.05) is 26.2 Å². The van der Waals surface area contributed by atoms with E-state index in [1.165, 1.54) is 0 Å². The molecule has 2 amide bonds. The van der Waals surface area contributed by atoms with E-state index in [1.807, 2.05) is 36.1 Å². The molecule has 2 N–H and O–H groups in total. The first kappa shape index (κ1) is 14.5. The molecule has 2 rings (SSSR count). The lowest BCUT2D eigenvalue weighted by Gasteiger charge is -2.27. The maximum atomic E-state index is 12.3. The van der Waals surface area contributed by atoms with Crippen LogP contribution in [0.2, 0.25) is 0 Å². The molecule has 1 aromatic rings. The fourth-order valence-electron chi connectivity index (χ4n) is 2.14. The molecule has 0 aromatic heterocycles. The standard InChI is InChI=1S/C15H21N3O2/c1-2-14(19)17-11-12-3-5-13(6-4-12)15(20)18-9-7-16-8-10-18/h3-6,16H,2,7-11H2,1H3,(H,17,19). The first-order valence-corrected chi connectivity index (χ1v) is 7.06. The van der Waals surface area contributed by atoms with E-state index in [2.05, 4.69) is 10.6 Å². The van der Waals surface area contributed by atoms with Crippen LogP contribution in [0.5, 0.6) is 0 Å². The predicted octanol–water partition coefficient (Wildman–Crippen LogP) is 0.758. The fraction of sp³-hybridized carbons (Fsp3) is 0.467. The maximum Gasteiger partial charge on any atom is 0.253 e. The summed E-state index contributed by atoms with van der Waals surface area (Å²) < 4.78 is 0. The summed E-state index contributed by atoms with van der Waals surface area (Å²) in [6.07, 6.45) is 0.486. The Morgan fingerprint density at radius 2 is 1.85 bits per heavy atom. The van der Waals surface area contributed by atoms with Gasteiger partial charge < -0.3 is 15.5 Å². The van der Waals surface area contributed by atoms with Crippen LogP contribution < -0.4 is 10.6 Å². The van der Waals surface area contributed by atoms with E-state index in [4.69, 9.17) is 0 Å². The highest BCUT2D eigenvalue weighted by molar-refractivity contribution is 5.94. The number of carbonyl (C=O) groups is 2. The average molecular weight is 275 g/mol. The van der Waals surface area contributed by atoms with Crippen molar-refractivity contribution in [2.24, 2.45) is 0 Å². The van der Waals surface area contributed by atoms with Gasteiger partial charge in [-0.3, -0.25) is 9.59 Å². The number of carbonyl (C=O) groups excluding carboxylic acids is 2. The van der Waals surface area contributed by atoms with Crippen LogP contribution in [-0.2, 0) is 11.3 Å². The lowest BCUT2D eigenvalue weighted by Crippen LogP contribution is -2.46. The van der Waals surface area contributed by atoms with E-state index in [0.29, 0.717) is 18.5 Å². The molecule has 5 nitrogen and oxygen atoms in total. The number of nitrogens with one attached hydrogen (secondary N) is 2. The van der Waals surface area contributed by atoms with Crippen LogP contribution >= 0.6 is 0 Å². The largest absolute Gasteiger partial charge is 0.352 e. The molecule has 1 fully saturated rings. The third-order valence-electron chi connectivity index (χ3n) is 3.42. The van der Waals surface area contributed by atoms with Gasteiger partial charge in [-0.2, -0.15) is 0 Å². The number of hydrogen-bond acceptors (Lipinski definition) is 3. The number of rotatable bonds is 4. The third-order valence-corrected chi connectivity index (χ3v) is 3.42. The van der Waals surface area contributed by atoms with Gasteiger partial charge in [-0.25, -0.2) is 0 Å². The monoisotopic (exact) mass is 275 g/mol. The maximum absolute atomic E-state index is 12.3. The number of piperazine rings is 1. The highest BCUT2D eigenvalue weighted by Crippen LogP contribution is 2.08. The molecule has 1 aliphatic rings. The lowest BCUT2D eigenvalue weighted by atomic mass is 10.1. The molecular weight excluding hydrogens is 254 g/mol.